The van der Waals surface area contributed by atoms with Gasteiger partial charge < -0.3 is 0 Å². The van der Waals surface area contributed by atoms with Crippen molar-refractivity contribution in [2.45, 2.75) is 70.0 Å². The standard InChI is InChI=1S/C4H9F.C2H3F3.5CH4/c1-2-3-4-5;1-2(3,4)5;;;;;/h2-4H2,1H3;1H3;5*1H4. The fraction of sp³-hybridized carbons (Fsp3) is 1.00. The van der Waals surface area contributed by atoms with Gasteiger partial charge in [0.15, 0.2) is 0 Å². The highest BCUT2D eigenvalue weighted by Crippen LogP contribution is 2.10. The van der Waals surface area contributed by atoms with Gasteiger partial charge in [-0.1, -0.05) is 50.5 Å². The van der Waals surface area contributed by atoms with Gasteiger partial charge in [-0.05, 0) is 6.42 Å². The topological polar surface area (TPSA) is 0 Å². The van der Waals surface area contributed by atoms with Crippen LogP contribution in [0.5, 0.6) is 0 Å². The van der Waals surface area contributed by atoms with Crippen LogP contribution in [0.2, 0.25) is 0 Å². The largest absolute Gasteiger partial charge is 0.386 e. The first-order chi connectivity index (χ1) is 4.41. The molecule has 0 rings (SSSR count). The molecule has 0 fully saturated rings. The van der Waals surface area contributed by atoms with Gasteiger partial charge in [0.2, 0.25) is 0 Å². The van der Waals surface area contributed by atoms with Crippen LogP contribution in [0, 0.1) is 0 Å². The Morgan fingerprint density at radius 1 is 0.867 bits per heavy atom. The molecule has 0 bridgehead atoms. The summed E-state index contributed by atoms with van der Waals surface area (Å²) in [6.07, 6.45) is -2.31. The average molecular weight is 240 g/mol. The van der Waals surface area contributed by atoms with E-state index in [0.717, 1.165) is 12.8 Å². The molecule has 0 aromatic carbocycles. The Bertz CT molecular complexity index is 52.1. The van der Waals surface area contributed by atoms with E-state index < -0.39 is 6.18 Å². The summed E-state index contributed by atoms with van der Waals surface area (Å²) in [6.45, 7) is 2.00. The molecule has 0 aliphatic carbocycles. The Labute approximate surface area is 95.1 Å². The minimum absolute atomic E-state index is 0. The van der Waals surface area contributed by atoms with E-state index in [9.17, 15) is 17.6 Å². The second-order valence-electron chi connectivity index (χ2n) is 1.82. The molecule has 0 aromatic heterocycles. The van der Waals surface area contributed by atoms with Crippen molar-refractivity contribution in [2.24, 2.45) is 0 Å². The third kappa shape index (κ3) is 637. The molecule has 0 saturated carbocycles. The third-order valence-corrected chi connectivity index (χ3v) is 0.487. The number of alkyl halides is 4. The lowest BCUT2D eigenvalue weighted by Crippen LogP contribution is -1.95. The summed E-state index contributed by atoms with van der Waals surface area (Å²) in [5.41, 5.74) is 0. The van der Waals surface area contributed by atoms with Crippen molar-refractivity contribution in [2.75, 3.05) is 6.67 Å². The van der Waals surface area contributed by atoms with Gasteiger partial charge in [0.05, 0.1) is 6.67 Å². The predicted octanol–water partition coefficient (Wildman–Crippen LogP) is 6.51. The van der Waals surface area contributed by atoms with E-state index in [-0.39, 0.29) is 50.7 Å². The highest BCUT2D eigenvalue weighted by Gasteiger charge is 2.15. The maximum absolute atomic E-state index is 11.0. The zero-order chi connectivity index (χ0) is 8.62. The van der Waals surface area contributed by atoms with Gasteiger partial charge >= 0.3 is 6.18 Å². The van der Waals surface area contributed by atoms with Crippen molar-refractivity contribution in [1.82, 2.24) is 0 Å². The van der Waals surface area contributed by atoms with E-state index >= 15 is 0 Å². The van der Waals surface area contributed by atoms with Gasteiger partial charge in [-0.25, -0.2) is 0 Å². The highest BCUT2D eigenvalue weighted by molar-refractivity contribution is 4.26. The monoisotopic (exact) mass is 240 g/mol. The first-order valence-electron chi connectivity index (χ1n) is 3.04. The van der Waals surface area contributed by atoms with E-state index in [0.29, 0.717) is 0 Å². The van der Waals surface area contributed by atoms with Crippen LogP contribution in [-0.2, 0) is 0 Å². The van der Waals surface area contributed by atoms with Crippen LogP contribution in [0.4, 0.5) is 17.6 Å². The van der Waals surface area contributed by atoms with Crippen LogP contribution in [0.25, 0.3) is 0 Å². The van der Waals surface area contributed by atoms with Gasteiger partial charge in [-0.15, -0.1) is 0 Å². The summed E-state index contributed by atoms with van der Waals surface area (Å²) in [4.78, 5) is 0. The lowest BCUT2D eigenvalue weighted by Gasteiger charge is -1.88. The molecule has 104 valence electrons. The minimum Gasteiger partial charge on any atom is -0.251 e. The summed E-state index contributed by atoms with van der Waals surface area (Å²) >= 11 is 0. The van der Waals surface area contributed by atoms with E-state index in [4.69, 9.17) is 0 Å². The van der Waals surface area contributed by atoms with Gasteiger partial charge in [0.1, 0.15) is 0 Å². The molecule has 0 spiro atoms. The van der Waals surface area contributed by atoms with E-state index in [2.05, 4.69) is 0 Å². The van der Waals surface area contributed by atoms with E-state index in [1.807, 2.05) is 6.92 Å². The second kappa shape index (κ2) is 29.2. The van der Waals surface area contributed by atoms with Gasteiger partial charge in [-0.2, -0.15) is 13.2 Å². The molecule has 0 nitrogen and oxygen atoms in total. The smallest absolute Gasteiger partial charge is 0.251 e. The molecule has 0 radical (unpaired) electrons. The summed E-state index contributed by atoms with van der Waals surface area (Å²) in [6, 6.07) is 0. The number of halogens is 4. The molecule has 0 aromatic rings. The first-order valence-corrected chi connectivity index (χ1v) is 3.04. The first kappa shape index (κ1) is 46.5. The van der Waals surface area contributed by atoms with Crippen LogP contribution in [0.15, 0.2) is 0 Å². The zero-order valence-corrected chi connectivity index (χ0v) is 6.13. The van der Waals surface area contributed by atoms with Crippen molar-refractivity contribution in [3.05, 3.63) is 0 Å². The summed E-state index contributed by atoms with van der Waals surface area (Å²) in [5.74, 6) is 0. The van der Waals surface area contributed by atoms with Crippen molar-refractivity contribution < 1.29 is 17.6 Å². The van der Waals surface area contributed by atoms with Crippen LogP contribution in [0.1, 0.15) is 63.8 Å². The highest BCUT2D eigenvalue weighted by atomic mass is 19.4. The Hall–Kier alpha value is -0.280. The molecule has 15 heavy (non-hydrogen) atoms. The minimum atomic E-state index is -4.00. The van der Waals surface area contributed by atoms with Gasteiger partial charge in [-0.3, -0.25) is 4.39 Å². The maximum atomic E-state index is 11.0. The van der Waals surface area contributed by atoms with Crippen LogP contribution < -0.4 is 0 Å². The Kier molecular flexibility index (Phi) is 90.5. The molecule has 0 amide bonds. The molecule has 0 unspecified atom stereocenters. The Morgan fingerprint density at radius 2 is 1.07 bits per heavy atom. The average Bonchev–Trinajstić information content (AvgIpc) is 1.63. The van der Waals surface area contributed by atoms with E-state index in [1.165, 1.54) is 0 Å². The van der Waals surface area contributed by atoms with Crippen LogP contribution in [0.3, 0.4) is 0 Å². The molecule has 0 aliphatic rings. The number of rotatable bonds is 2. The predicted molar refractivity (Wildman–Crippen MR) is 66.3 cm³/mol. The fourth-order valence-corrected chi connectivity index (χ4v) is 0.134. The van der Waals surface area contributed by atoms with Gasteiger partial charge in [0.25, 0.3) is 0 Å². The van der Waals surface area contributed by atoms with Crippen LogP contribution in [-0.4, -0.2) is 12.9 Å². The van der Waals surface area contributed by atoms with Crippen molar-refractivity contribution in [3.63, 3.8) is 0 Å². The van der Waals surface area contributed by atoms with Crippen molar-refractivity contribution in [3.8, 4) is 0 Å². The van der Waals surface area contributed by atoms with Crippen molar-refractivity contribution in [1.29, 1.82) is 0 Å². The molecule has 0 saturated heterocycles. The summed E-state index contributed by atoms with van der Waals surface area (Å²) in [7, 11) is 0. The van der Waals surface area contributed by atoms with E-state index in [1.54, 1.807) is 0 Å². The molecule has 0 N–H and O–H groups in total. The normalized spacial score (nSPS) is 6.80. The van der Waals surface area contributed by atoms with Crippen LogP contribution >= 0.6 is 0 Å². The number of hydrogen-bond acceptors (Lipinski definition) is 0. The van der Waals surface area contributed by atoms with Crippen molar-refractivity contribution >= 4 is 0 Å². The lowest BCUT2D eigenvalue weighted by molar-refractivity contribution is -0.110. The molecular weight excluding hydrogens is 208 g/mol. The molecule has 0 aliphatic heterocycles. The zero-order valence-electron chi connectivity index (χ0n) is 6.13. The Balaban J connectivity index is -0.0000000128. The third-order valence-electron chi connectivity index (χ3n) is 0.487. The molecule has 0 heterocycles. The summed E-state index contributed by atoms with van der Waals surface area (Å²) < 4.78 is 42.1. The second-order valence-corrected chi connectivity index (χ2v) is 1.82. The quantitative estimate of drug-likeness (QED) is 0.483. The number of unbranched alkanes of at least 4 members (excludes halogenated alkanes) is 1. The maximum Gasteiger partial charge on any atom is 0.386 e. The number of hydrogen-bond donors (Lipinski definition) is 0. The van der Waals surface area contributed by atoms with Gasteiger partial charge in [0, 0.05) is 6.92 Å². The molecular formula is C11H32F4. The summed E-state index contributed by atoms with van der Waals surface area (Å²) in [5, 5.41) is 0. The fourth-order valence-electron chi connectivity index (χ4n) is 0.134. The Morgan fingerprint density at radius 3 is 1.07 bits per heavy atom. The SMILES string of the molecule is C.C.C.C.C.CC(F)(F)F.CCCCF. The molecule has 0 atom stereocenters. The molecule has 4 heteroatoms. The lowest BCUT2D eigenvalue weighted by atomic mass is 10.4.